The predicted octanol–water partition coefficient (Wildman–Crippen LogP) is 1.92. The predicted molar refractivity (Wildman–Crippen MR) is 62.3 cm³/mol. The fraction of sp³-hybridized carbons (Fsp3) is 0. The third-order valence-electron chi connectivity index (χ3n) is 2.10. The molecule has 0 aliphatic carbocycles. The topological polar surface area (TPSA) is 57.2 Å². The van der Waals surface area contributed by atoms with E-state index in [1.807, 2.05) is 12.1 Å². The highest BCUT2D eigenvalue weighted by atomic mass is 19.1. The smallest absolute Gasteiger partial charge is 0.271 e. The number of nitrogens with zero attached hydrogens (tertiary/aromatic N) is 1. The zero-order chi connectivity index (χ0) is 12.1. The van der Waals surface area contributed by atoms with Gasteiger partial charge in [-0.1, -0.05) is 0 Å². The molecule has 0 radical (unpaired) electrons. The molecule has 0 fully saturated rings. The van der Waals surface area contributed by atoms with Gasteiger partial charge in [-0.25, -0.2) is 9.82 Å². The number of aromatic amines is 1. The molecule has 2 N–H and O–H groups in total. The molecule has 0 saturated heterocycles. The van der Waals surface area contributed by atoms with Crippen molar-refractivity contribution < 1.29 is 9.18 Å². The minimum Gasteiger partial charge on any atom is -0.360 e. The third-order valence-corrected chi connectivity index (χ3v) is 2.10. The lowest BCUT2D eigenvalue weighted by molar-refractivity contribution is 0.0955. The molecule has 1 heterocycles. The molecule has 1 aromatic heterocycles. The van der Waals surface area contributed by atoms with Crippen molar-refractivity contribution in [1.29, 1.82) is 0 Å². The Labute approximate surface area is 97.2 Å². The number of amides is 1. The van der Waals surface area contributed by atoms with Gasteiger partial charge in [0.15, 0.2) is 0 Å². The van der Waals surface area contributed by atoms with Gasteiger partial charge in [0, 0.05) is 11.8 Å². The second-order valence-electron chi connectivity index (χ2n) is 3.33. The van der Waals surface area contributed by atoms with Crippen LogP contribution in [-0.2, 0) is 0 Å². The summed E-state index contributed by atoms with van der Waals surface area (Å²) in [5.74, 6) is -0.760. The Morgan fingerprint density at radius 1 is 1.29 bits per heavy atom. The van der Waals surface area contributed by atoms with E-state index in [1.54, 1.807) is 6.20 Å². The monoisotopic (exact) mass is 231 g/mol. The van der Waals surface area contributed by atoms with E-state index in [2.05, 4.69) is 15.5 Å². The van der Waals surface area contributed by atoms with Crippen LogP contribution in [0.2, 0.25) is 0 Å². The zero-order valence-electron chi connectivity index (χ0n) is 8.85. The first-order valence-corrected chi connectivity index (χ1v) is 4.98. The molecule has 0 saturated carbocycles. The summed E-state index contributed by atoms with van der Waals surface area (Å²) in [5, 5.41) is 3.76. The summed E-state index contributed by atoms with van der Waals surface area (Å²) < 4.78 is 12.6. The number of halogens is 1. The molecule has 5 heteroatoms. The average Bonchev–Trinajstić information content (AvgIpc) is 2.83. The minimum absolute atomic E-state index is 0.357. The molecule has 0 atom stereocenters. The van der Waals surface area contributed by atoms with Gasteiger partial charge in [-0.2, -0.15) is 5.10 Å². The van der Waals surface area contributed by atoms with E-state index in [4.69, 9.17) is 0 Å². The molecular formula is C12H10FN3O. The van der Waals surface area contributed by atoms with Crippen LogP contribution in [0.3, 0.4) is 0 Å². The molecule has 86 valence electrons. The Hall–Kier alpha value is -2.43. The summed E-state index contributed by atoms with van der Waals surface area (Å²) in [6, 6.07) is 8.88. The van der Waals surface area contributed by atoms with E-state index < -0.39 is 0 Å². The van der Waals surface area contributed by atoms with E-state index in [0.717, 1.165) is 5.69 Å². The van der Waals surface area contributed by atoms with Gasteiger partial charge in [0.2, 0.25) is 0 Å². The first-order valence-electron chi connectivity index (χ1n) is 4.98. The van der Waals surface area contributed by atoms with Crippen molar-refractivity contribution in [3.05, 3.63) is 59.7 Å². The number of H-pyrrole nitrogens is 1. The summed E-state index contributed by atoms with van der Waals surface area (Å²) in [6.45, 7) is 0. The molecule has 0 aliphatic rings. The molecule has 2 rings (SSSR count). The lowest BCUT2D eigenvalue weighted by Crippen LogP contribution is -2.17. The molecule has 1 aromatic carbocycles. The molecule has 1 amide bonds. The Morgan fingerprint density at radius 2 is 2.06 bits per heavy atom. The van der Waals surface area contributed by atoms with Gasteiger partial charge in [-0.05, 0) is 36.4 Å². The van der Waals surface area contributed by atoms with Crippen LogP contribution in [0.5, 0.6) is 0 Å². The van der Waals surface area contributed by atoms with Gasteiger partial charge in [-0.3, -0.25) is 4.79 Å². The maximum atomic E-state index is 12.6. The number of hydrazone groups is 1. The molecule has 0 spiro atoms. The molecule has 0 unspecified atom stereocenters. The number of benzene rings is 1. The van der Waals surface area contributed by atoms with Crippen LogP contribution in [0.15, 0.2) is 47.7 Å². The molecule has 17 heavy (non-hydrogen) atoms. The first kappa shape index (κ1) is 11.1. The van der Waals surface area contributed by atoms with E-state index in [-0.39, 0.29) is 11.7 Å². The second kappa shape index (κ2) is 5.07. The number of carbonyl (C=O) groups is 1. The Bertz CT molecular complexity index is 517. The van der Waals surface area contributed by atoms with E-state index in [0.29, 0.717) is 5.56 Å². The van der Waals surface area contributed by atoms with Crippen LogP contribution in [0, 0.1) is 5.82 Å². The number of aromatic nitrogens is 1. The Morgan fingerprint density at radius 3 is 2.71 bits per heavy atom. The number of rotatable bonds is 3. The fourth-order valence-electron chi connectivity index (χ4n) is 1.25. The van der Waals surface area contributed by atoms with Crippen LogP contribution in [0.1, 0.15) is 16.1 Å². The van der Waals surface area contributed by atoms with Gasteiger partial charge in [-0.15, -0.1) is 0 Å². The van der Waals surface area contributed by atoms with Crippen molar-refractivity contribution in [1.82, 2.24) is 10.4 Å². The molecule has 2 aromatic rings. The highest BCUT2D eigenvalue weighted by Gasteiger charge is 2.03. The van der Waals surface area contributed by atoms with Crippen molar-refractivity contribution >= 4 is 12.1 Å². The maximum Gasteiger partial charge on any atom is 0.271 e. The SMILES string of the molecule is O=C(N/N=C\c1ccc[nH]1)c1ccc(F)cc1. The van der Waals surface area contributed by atoms with Gasteiger partial charge < -0.3 is 4.98 Å². The number of hydrogen-bond donors (Lipinski definition) is 2. The molecule has 0 bridgehead atoms. The standard InChI is InChI=1S/C12H10FN3O/c13-10-5-3-9(4-6-10)12(17)16-15-8-11-2-1-7-14-11/h1-8,14H,(H,16,17)/b15-8-. The molecular weight excluding hydrogens is 221 g/mol. The number of nitrogens with one attached hydrogen (secondary N) is 2. The Balaban J connectivity index is 1.96. The van der Waals surface area contributed by atoms with Gasteiger partial charge in [0.05, 0.1) is 11.9 Å². The van der Waals surface area contributed by atoms with Crippen molar-refractivity contribution in [3.63, 3.8) is 0 Å². The van der Waals surface area contributed by atoms with Crippen LogP contribution in [0.25, 0.3) is 0 Å². The summed E-state index contributed by atoms with van der Waals surface area (Å²) in [4.78, 5) is 14.4. The summed E-state index contributed by atoms with van der Waals surface area (Å²) in [6.07, 6.45) is 3.24. The minimum atomic E-state index is -0.382. The summed E-state index contributed by atoms with van der Waals surface area (Å²) in [5.41, 5.74) is 3.48. The largest absolute Gasteiger partial charge is 0.360 e. The normalized spacial score (nSPS) is 10.6. The molecule has 0 aliphatic heterocycles. The van der Waals surface area contributed by atoms with Gasteiger partial charge >= 0.3 is 0 Å². The van der Waals surface area contributed by atoms with Gasteiger partial charge in [0.25, 0.3) is 5.91 Å². The lowest BCUT2D eigenvalue weighted by Gasteiger charge is -1.98. The first-order chi connectivity index (χ1) is 8.25. The van der Waals surface area contributed by atoms with Crippen molar-refractivity contribution in [3.8, 4) is 0 Å². The van der Waals surface area contributed by atoms with Crippen LogP contribution in [0.4, 0.5) is 4.39 Å². The fourth-order valence-corrected chi connectivity index (χ4v) is 1.25. The van der Waals surface area contributed by atoms with E-state index >= 15 is 0 Å². The van der Waals surface area contributed by atoms with Crippen molar-refractivity contribution in [2.45, 2.75) is 0 Å². The van der Waals surface area contributed by atoms with Crippen LogP contribution < -0.4 is 5.43 Å². The lowest BCUT2D eigenvalue weighted by atomic mass is 10.2. The Kier molecular flexibility index (Phi) is 3.30. The van der Waals surface area contributed by atoms with Gasteiger partial charge in [0.1, 0.15) is 5.82 Å². The number of carbonyl (C=O) groups excluding carboxylic acids is 1. The van der Waals surface area contributed by atoms with E-state index in [9.17, 15) is 9.18 Å². The average molecular weight is 231 g/mol. The van der Waals surface area contributed by atoms with E-state index in [1.165, 1.54) is 30.5 Å². The highest BCUT2D eigenvalue weighted by molar-refractivity contribution is 5.94. The summed E-state index contributed by atoms with van der Waals surface area (Å²) in [7, 11) is 0. The molecule has 4 nitrogen and oxygen atoms in total. The third kappa shape index (κ3) is 3.01. The van der Waals surface area contributed by atoms with Crippen LogP contribution in [-0.4, -0.2) is 17.1 Å². The number of hydrogen-bond acceptors (Lipinski definition) is 2. The quantitative estimate of drug-likeness (QED) is 0.615. The zero-order valence-corrected chi connectivity index (χ0v) is 8.85. The highest BCUT2D eigenvalue weighted by Crippen LogP contribution is 2.02. The second-order valence-corrected chi connectivity index (χ2v) is 3.33. The van der Waals surface area contributed by atoms with Crippen molar-refractivity contribution in [2.75, 3.05) is 0 Å². The van der Waals surface area contributed by atoms with Crippen LogP contribution >= 0.6 is 0 Å². The summed E-state index contributed by atoms with van der Waals surface area (Å²) >= 11 is 0. The maximum absolute atomic E-state index is 12.6. The van der Waals surface area contributed by atoms with Crippen molar-refractivity contribution in [2.24, 2.45) is 5.10 Å².